The van der Waals surface area contributed by atoms with Crippen LogP contribution in [-0.4, -0.2) is 21.5 Å². The summed E-state index contributed by atoms with van der Waals surface area (Å²) in [6, 6.07) is 4.02. The lowest BCUT2D eigenvalue weighted by molar-refractivity contribution is 0.491. The lowest BCUT2D eigenvalue weighted by Crippen LogP contribution is -2.15. The van der Waals surface area contributed by atoms with Gasteiger partial charge in [-0.2, -0.15) is 0 Å². The molecule has 1 unspecified atom stereocenters. The SMILES string of the molecule is Cc1ccc2[nH]c(C(CN)CC(C)C)nc2n1. The minimum atomic E-state index is 0.296. The maximum absolute atomic E-state index is 5.82. The molecule has 0 radical (unpaired) electrons. The monoisotopic (exact) mass is 232 g/mol. The number of aromatic amines is 1. The first-order valence-corrected chi connectivity index (χ1v) is 6.13. The number of nitrogens with one attached hydrogen (secondary N) is 1. The molecule has 2 aromatic heterocycles. The van der Waals surface area contributed by atoms with E-state index in [-0.39, 0.29) is 0 Å². The number of pyridine rings is 1. The highest BCUT2D eigenvalue weighted by Crippen LogP contribution is 2.22. The van der Waals surface area contributed by atoms with Gasteiger partial charge in [-0.15, -0.1) is 0 Å². The summed E-state index contributed by atoms with van der Waals surface area (Å²) >= 11 is 0. The van der Waals surface area contributed by atoms with Gasteiger partial charge in [-0.3, -0.25) is 0 Å². The summed E-state index contributed by atoms with van der Waals surface area (Å²) in [5.74, 6) is 1.88. The first-order chi connectivity index (χ1) is 8.10. The first kappa shape index (κ1) is 12.0. The van der Waals surface area contributed by atoms with Gasteiger partial charge in [0.15, 0.2) is 5.65 Å². The molecule has 3 N–H and O–H groups in total. The molecule has 17 heavy (non-hydrogen) atoms. The van der Waals surface area contributed by atoms with E-state index >= 15 is 0 Å². The van der Waals surface area contributed by atoms with E-state index in [1.165, 1.54) is 0 Å². The maximum Gasteiger partial charge on any atom is 0.177 e. The fourth-order valence-corrected chi connectivity index (χ4v) is 2.09. The van der Waals surface area contributed by atoms with Crippen LogP contribution >= 0.6 is 0 Å². The Bertz CT molecular complexity index is 501. The number of aryl methyl sites for hydroxylation is 1. The van der Waals surface area contributed by atoms with E-state index in [0.717, 1.165) is 29.1 Å². The molecule has 4 heteroatoms. The predicted octanol–water partition coefficient (Wildman–Crippen LogP) is 2.35. The van der Waals surface area contributed by atoms with Gasteiger partial charge in [0.05, 0.1) is 5.52 Å². The van der Waals surface area contributed by atoms with Crippen LogP contribution in [0, 0.1) is 12.8 Å². The van der Waals surface area contributed by atoms with Gasteiger partial charge in [-0.25, -0.2) is 9.97 Å². The minimum absolute atomic E-state index is 0.296. The van der Waals surface area contributed by atoms with E-state index in [1.807, 2.05) is 19.1 Å². The van der Waals surface area contributed by atoms with E-state index in [2.05, 4.69) is 28.8 Å². The molecule has 0 spiro atoms. The zero-order chi connectivity index (χ0) is 12.4. The summed E-state index contributed by atoms with van der Waals surface area (Å²) in [4.78, 5) is 12.3. The third-order valence-electron chi connectivity index (χ3n) is 2.93. The quantitative estimate of drug-likeness (QED) is 0.850. The Balaban J connectivity index is 2.34. The number of imidazole rings is 1. The molecule has 4 nitrogen and oxygen atoms in total. The normalized spacial score (nSPS) is 13.5. The molecule has 92 valence electrons. The van der Waals surface area contributed by atoms with Gasteiger partial charge in [0, 0.05) is 18.2 Å². The Kier molecular flexibility index (Phi) is 3.43. The average molecular weight is 232 g/mol. The van der Waals surface area contributed by atoms with Crippen LogP contribution in [0.1, 0.15) is 37.7 Å². The number of aromatic nitrogens is 3. The van der Waals surface area contributed by atoms with E-state index in [0.29, 0.717) is 18.4 Å². The molecular formula is C13H20N4. The fraction of sp³-hybridized carbons (Fsp3) is 0.538. The lowest BCUT2D eigenvalue weighted by Gasteiger charge is -2.13. The van der Waals surface area contributed by atoms with Crippen molar-refractivity contribution in [1.82, 2.24) is 15.0 Å². The summed E-state index contributed by atoms with van der Waals surface area (Å²) < 4.78 is 0. The lowest BCUT2D eigenvalue weighted by atomic mass is 9.97. The molecule has 0 saturated heterocycles. The number of hydrogen-bond donors (Lipinski definition) is 2. The molecule has 0 aliphatic carbocycles. The summed E-state index contributed by atoms with van der Waals surface area (Å²) in [6.45, 7) is 7.00. The summed E-state index contributed by atoms with van der Waals surface area (Å²) in [5.41, 5.74) is 8.60. The van der Waals surface area contributed by atoms with Crippen molar-refractivity contribution in [2.45, 2.75) is 33.1 Å². The van der Waals surface area contributed by atoms with E-state index in [1.54, 1.807) is 0 Å². The van der Waals surface area contributed by atoms with E-state index < -0.39 is 0 Å². The summed E-state index contributed by atoms with van der Waals surface area (Å²) in [7, 11) is 0. The molecule has 0 fully saturated rings. The maximum atomic E-state index is 5.82. The molecule has 0 aliphatic rings. The zero-order valence-electron chi connectivity index (χ0n) is 10.7. The molecule has 0 amide bonds. The Morgan fingerprint density at radius 3 is 2.71 bits per heavy atom. The van der Waals surface area contributed by atoms with Gasteiger partial charge >= 0.3 is 0 Å². The number of fused-ring (bicyclic) bond motifs is 1. The molecule has 2 aromatic rings. The van der Waals surface area contributed by atoms with Crippen molar-refractivity contribution in [1.29, 1.82) is 0 Å². The largest absolute Gasteiger partial charge is 0.340 e. The zero-order valence-corrected chi connectivity index (χ0v) is 10.7. The first-order valence-electron chi connectivity index (χ1n) is 6.13. The predicted molar refractivity (Wildman–Crippen MR) is 69.9 cm³/mol. The van der Waals surface area contributed by atoms with Crippen LogP contribution in [0.15, 0.2) is 12.1 Å². The van der Waals surface area contributed by atoms with Crippen molar-refractivity contribution in [2.75, 3.05) is 6.54 Å². The minimum Gasteiger partial charge on any atom is -0.340 e. The number of hydrogen-bond acceptors (Lipinski definition) is 3. The van der Waals surface area contributed by atoms with Crippen molar-refractivity contribution in [3.8, 4) is 0 Å². The van der Waals surface area contributed by atoms with Crippen LogP contribution in [0.5, 0.6) is 0 Å². The van der Waals surface area contributed by atoms with Crippen LogP contribution in [0.2, 0.25) is 0 Å². The number of nitrogens with zero attached hydrogens (tertiary/aromatic N) is 2. The second-order valence-electron chi connectivity index (χ2n) is 5.01. The third kappa shape index (κ3) is 2.64. The van der Waals surface area contributed by atoms with Crippen molar-refractivity contribution < 1.29 is 0 Å². The molecular weight excluding hydrogens is 212 g/mol. The van der Waals surface area contributed by atoms with Crippen molar-refractivity contribution in [2.24, 2.45) is 11.7 Å². The highest BCUT2D eigenvalue weighted by molar-refractivity contribution is 5.70. The van der Waals surface area contributed by atoms with Gasteiger partial charge in [0.1, 0.15) is 5.82 Å². The van der Waals surface area contributed by atoms with Crippen LogP contribution in [0.4, 0.5) is 0 Å². The highest BCUT2D eigenvalue weighted by Gasteiger charge is 2.16. The number of nitrogens with two attached hydrogens (primary N) is 1. The molecule has 0 aliphatic heterocycles. The van der Waals surface area contributed by atoms with Gasteiger partial charge in [0.25, 0.3) is 0 Å². The number of H-pyrrole nitrogens is 1. The van der Waals surface area contributed by atoms with Crippen molar-refractivity contribution in [3.05, 3.63) is 23.7 Å². The van der Waals surface area contributed by atoms with Crippen LogP contribution in [-0.2, 0) is 0 Å². The average Bonchev–Trinajstić information content (AvgIpc) is 2.68. The third-order valence-corrected chi connectivity index (χ3v) is 2.93. The Morgan fingerprint density at radius 2 is 2.06 bits per heavy atom. The molecule has 1 atom stereocenters. The Morgan fingerprint density at radius 1 is 1.29 bits per heavy atom. The summed E-state index contributed by atoms with van der Waals surface area (Å²) in [6.07, 6.45) is 1.05. The van der Waals surface area contributed by atoms with E-state index in [4.69, 9.17) is 5.73 Å². The molecule has 2 heterocycles. The second kappa shape index (κ2) is 4.84. The van der Waals surface area contributed by atoms with Crippen LogP contribution in [0.25, 0.3) is 11.2 Å². The molecule has 0 saturated carbocycles. The topological polar surface area (TPSA) is 67.6 Å². The second-order valence-corrected chi connectivity index (χ2v) is 5.01. The fourth-order valence-electron chi connectivity index (χ4n) is 2.09. The van der Waals surface area contributed by atoms with Crippen LogP contribution in [0.3, 0.4) is 0 Å². The molecule has 0 aromatic carbocycles. The summed E-state index contributed by atoms with van der Waals surface area (Å²) in [5, 5.41) is 0. The number of rotatable bonds is 4. The van der Waals surface area contributed by atoms with Gasteiger partial charge in [-0.1, -0.05) is 13.8 Å². The Hall–Kier alpha value is -1.42. The highest BCUT2D eigenvalue weighted by atomic mass is 15.0. The van der Waals surface area contributed by atoms with E-state index in [9.17, 15) is 0 Å². The smallest absolute Gasteiger partial charge is 0.177 e. The Labute approximate surface area is 102 Å². The van der Waals surface area contributed by atoms with Gasteiger partial charge < -0.3 is 10.7 Å². The molecule has 2 rings (SSSR count). The molecule has 0 bridgehead atoms. The van der Waals surface area contributed by atoms with Gasteiger partial charge in [0.2, 0.25) is 0 Å². The van der Waals surface area contributed by atoms with Gasteiger partial charge in [-0.05, 0) is 31.4 Å². The van der Waals surface area contributed by atoms with Crippen molar-refractivity contribution >= 4 is 11.2 Å². The van der Waals surface area contributed by atoms with Crippen LogP contribution < -0.4 is 5.73 Å². The van der Waals surface area contributed by atoms with Crippen molar-refractivity contribution in [3.63, 3.8) is 0 Å². The standard InChI is InChI=1S/C13H20N4/c1-8(2)6-10(7-14)12-16-11-5-4-9(3)15-13(11)17-12/h4-5,8,10H,6-7,14H2,1-3H3,(H,15,16,17).